The predicted molar refractivity (Wildman–Crippen MR) is 74.0 cm³/mol. The summed E-state index contributed by atoms with van der Waals surface area (Å²) in [4.78, 5) is 13.5. The molecule has 0 spiro atoms. The van der Waals surface area contributed by atoms with Crippen LogP contribution in [0.25, 0.3) is 0 Å². The molecule has 1 fully saturated rings. The van der Waals surface area contributed by atoms with Crippen molar-refractivity contribution in [3.63, 3.8) is 0 Å². The Morgan fingerprint density at radius 1 is 1.42 bits per heavy atom. The molecule has 104 valence electrons. The van der Waals surface area contributed by atoms with Gasteiger partial charge in [-0.25, -0.2) is 13.6 Å². The molecule has 1 heterocycles. The monoisotopic (exact) mass is 283 g/mol. The van der Waals surface area contributed by atoms with E-state index in [0.29, 0.717) is 12.2 Å². The Bertz CT molecular complexity index is 613. The Balaban J connectivity index is 2.18. The predicted octanol–water partition coefficient (Wildman–Crippen LogP) is 0.219. The van der Waals surface area contributed by atoms with Crippen LogP contribution in [0.3, 0.4) is 0 Å². The fraction of sp³-hybridized carbons (Fsp3) is 0.417. The number of hydrogen-bond donors (Lipinski definition) is 2. The summed E-state index contributed by atoms with van der Waals surface area (Å²) in [6.07, 6.45) is 0.208. The minimum absolute atomic E-state index is 0.0854. The molecule has 0 radical (unpaired) electrons. The number of anilines is 2. The number of hydrogen-bond acceptors (Lipinski definition) is 4. The zero-order valence-corrected chi connectivity index (χ0v) is 11.5. The molecule has 19 heavy (non-hydrogen) atoms. The van der Waals surface area contributed by atoms with Gasteiger partial charge in [0.2, 0.25) is 15.9 Å². The molecular formula is C12H17N3O3S. The first-order valence-corrected chi connectivity index (χ1v) is 7.65. The normalized spacial score (nSPS) is 20.0. The molecule has 1 aliphatic rings. The number of primary sulfonamides is 1. The average Bonchev–Trinajstić information content (AvgIpc) is 2.61. The second-order valence-corrected chi connectivity index (χ2v) is 6.60. The van der Waals surface area contributed by atoms with E-state index < -0.39 is 10.0 Å². The van der Waals surface area contributed by atoms with Gasteiger partial charge in [-0.05, 0) is 30.7 Å². The number of benzene rings is 1. The number of rotatable bonds is 3. The highest BCUT2D eigenvalue weighted by Crippen LogP contribution is 2.27. The molecule has 2 rings (SSSR count). The lowest BCUT2D eigenvalue weighted by Crippen LogP contribution is -2.27. The number of nitrogens with two attached hydrogens (primary N) is 2. The highest BCUT2D eigenvalue weighted by Gasteiger charge is 2.32. The van der Waals surface area contributed by atoms with Crippen LogP contribution in [0.1, 0.15) is 12.0 Å². The van der Waals surface area contributed by atoms with Gasteiger partial charge < -0.3 is 10.6 Å². The third kappa shape index (κ3) is 3.24. The van der Waals surface area contributed by atoms with E-state index in [-0.39, 0.29) is 24.0 Å². The lowest BCUT2D eigenvalue weighted by molar-refractivity contribution is -0.117. The van der Waals surface area contributed by atoms with Crippen molar-refractivity contribution in [3.8, 4) is 0 Å². The van der Waals surface area contributed by atoms with E-state index in [1.54, 1.807) is 17.0 Å². The van der Waals surface area contributed by atoms with Gasteiger partial charge in [-0.15, -0.1) is 0 Å². The van der Waals surface area contributed by atoms with Crippen molar-refractivity contribution in [2.45, 2.75) is 13.3 Å². The minimum atomic E-state index is -3.55. The summed E-state index contributed by atoms with van der Waals surface area (Å²) in [5, 5.41) is 5.01. The summed E-state index contributed by atoms with van der Waals surface area (Å²) in [7, 11) is -3.55. The van der Waals surface area contributed by atoms with Crippen molar-refractivity contribution in [2.75, 3.05) is 22.9 Å². The second-order valence-electron chi connectivity index (χ2n) is 4.94. The molecular weight excluding hydrogens is 266 g/mol. The van der Waals surface area contributed by atoms with E-state index in [9.17, 15) is 13.2 Å². The van der Waals surface area contributed by atoms with Crippen molar-refractivity contribution in [3.05, 3.63) is 23.8 Å². The minimum Gasteiger partial charge on any atom is -0.399 e. The van der Waals surface area contributed by atoms with Crippen LogP contribution in [0.2, 0.25) is 0 Å². The number of sulfonamides is 1. The highest BCUT2D eigenvalue weighted by atomic mass is 32.2. The first-order chi connectivity index (χ1) is 8.76. The Morgan fingerprint density at radius 3 is 2.68 bits per heavy atom. The molecule has 1 aromatic carbocycles. The largest absolute Gasteiger partial charge is 0.399 e. The van der Waals surface area contributed by atoms with Crippen molar-refractivity contribution >= 4 is 27.3 Å². The fourth-order valence-corrected chi connectivity index (χ4v) is 3.18. The van der Waals surface area contributed by atoms with Crippen LogP contribution in [0.15, 0.2) is 18.2 Å². The van der Waals surface area contributed by atoms with Crippen LogP contribution in [-0.2, 0) is 14.8 Å². The molecule has 0 saturated carbocycles. The van der Waals surface area contributed by atoms with Gasteiger partial charge in [0.1, 0.15) is 0 Å². The summed E-state index contributed by atoms with van der Waals surface area (Å²) in [5.41, 5.74) is 8.03. The maximum atomic E-state index is 11.9. The van der Waals surface area contributed by atoms with E-state index in [1.165, 1.54) is 0 Å². The molecule has 0 aliphatic carbocycles. The van der Waals surface area contributed by atoms with Gasteiger partial charge in [-0.2, -0.15) is 0 Å². The smallest absolute Gasteiger partial charge is 0.227 e. The summed E-state index contributed by atoms with van der Waals surface area (Å²) in [5.74, 6) is -0.499. The Kier molecular flexibility index (Phi) is 3.51. The summed E-state index contributed by atoms with van der Waals surface area (Å²) < 4.78 is 22.1. The first kappa shape index (κ1) is 13.8. The highest BCUT2D eigenvalue weighted by molar-refractivity contribution is 7.89. The average molecular weight is 283 g/mol. The molecule has 1 amide bonds. The lowest BCUT2D eigenvalue weighted by atomic mass is 10.1. The van der Waals surface area contributed by atoms with Crippen molar-refractivity contribution in [2.24, 2.45) is 11.1 Å². The standard InChI is InChI=1S/C12H17N3O3S/c1-8-4-10(2-3-11(8)13)15-6-9(5-12(15)16)7-19(14,17)18/h2-4,9H,5-7,13H2,1H3,(H2,14,17,18). The number of carbonyl (C=O) groups excluding carboxylic acids is 1. The molecule has 0 aromatic heterocycles. The molecule has 1 aromatic rings. The van der Waals surface area contributed by atoms with Crippen molar-refractivity contribution < 1.29 is 13.2 Å². The van der Waals surface area contributed by atoms with Crippen LogP contribution in [0.5, 0.6) is 0 Å². The van der Waals surface area contributed by atoms with Gasteiger partial charge in [0.05, 0.1) is 5.75 Å². The number of carbonyl (C=O) groups is 1. The van der Waals surface area contributed by atoms with Crippen molar-refractivity contribution in [1.29, 1.82) is 0 Å². The maximum absolute atomic E-state index is 11.9. The maximum Gasteiger partial charge on any atom is 0.227 e. The zero-order chi connectivity index (χ0) is 14.2. The summed E-state index contributed by atoms with van der Waals surface area (Å²) >= 11 is 0. The van der Waals surface area contributed by atoms with Crippen LogP contribution in [0.4, 0.5) is 11.4 Å². The lowest BCUT2D eigenvalue weighted by Gasteiger charge is -2.17. The second kappa shape index (κ2) is 4.82. The number of aryl methyl sites for hydroxylation is 1. The third-order valence-electron chi connectivity index (χ3n) is 3.24. The van der Waals surface area contributed by atoms with Crippen LogP contribution in [-0.4, -0.2) is 26.6 Å². The number of nitrogen functional groups attached to an aromatic ring is 1. The molecule has 0 bridgehead atoms. The number of amides is 1. The molecule has 6 nitrogen and oxygen atoms in total. The Labute approximate surface area is 112 Å². The van der Waals surface area contributed by atoms with E-state index in [2.05, 4.69) is 0 Å². The molecule has 4 N–H and O–H groups in total. The van der Waals surface area contributed by atoms with Gasteiger partial charge in [-0.1, -0.05) is 0 Å². The number of nitrogens with zero attached hydrogens (tertiary/aromatic N) is 1. The molecule has 7 heteroatoms. The zero-order valence-electron chi connectivity index (χ0n) is 10.7. The van der Waals surface area contributed by atoms with Gasteiger partial charge in [0.25, 0.3) is 0 Å². The van der Waals surface area contributed by atoms with E-state index in [4.69, 9.17) is 10.9 Å². The molecule has 1 atom stereocenters. The van der Waals surface area contributed by atoms with E-state index in [0.717, 1.165) is 11.3 Å². The van der Waals surface area contributed by atoms with Gasteiger partial charge >= 0.3 is 0 Å². The van der Waals surface area contributed by atoms with Gasteiger partial charge in [0.15, 0.2) is 0 Å². The van der Waals surface area contributed by atoms with Gasteiger partial charge in [-0.3, -0.25) is 4.79 Å². The van der Waals surface area contributed by atoms with Crippen LogP contribution in [0, 0.1) is 12.8 Å². The molecule has 1 saturated heterocycles. The van der Waals surface area contributed by atoms with Crippen LogP contribution >= 0.6 is 0 Å². The summed E-state index contributed by atoms with van der Waals surface area (Å²) in [6, 6.07) is 5.33. The topological polar surface area (TPSA) is 106 Å². The van der Waals surface area contributed by atoms with Crippen molar-refractivity contribution in [1.82, 2.24) is 0 Å². The Hall–Kier alpha value is -1.60. The quantitative estimate of drug-likeness (QED) is 0.774. The van der Waals surface area contributed by atoms with E-state index in [1.807, 2.05) is 13.0 Å². The summed E-state index contributed by atoms with van der Waals surface area (Å²) in [6.45, 7) is 2.24. The first-order valence-electron chi connectivity index (χ1n) is 5.93. The Morgan fingerprint density at radius 2 is 2.11 bits per heavy atom. The fourth-order valence-electron chi connectivity index (χ4n) is 2.30. The van der Waals surface area contributed by atoms with Gasteiger partial charge in [0, 0.05) is 30.3 Å². The van der Waals surface area contributed by atoms with Crippen LogP contribution < -0.4 is 15.8 Å². The molecule has 1 unspecified atom stereocenters. The third-order valence-corrected chi connectivity index (χ3v) is 4.17. The molecule has 1 aliphatic heterocycles. The van der Waals surface area contributed by atoms with E-state index >= 15 is 0 Å². The SMILES string of the molecule is Cc1cc(N2CC(CS(N)(=O)=O)CC2=O)ccc1N.